The second kappa shape index (κ2) is 10.7. The number of aromatic nitrogens is 1. The molecule has 1 atom stereocenters. The summed E-state index contributed by atoms with van der Waals surface area (Å²) in [4.78, 5) is 19.7. The van der Waals surface area contributed by atoms with Crippen LogP contribution in [0.5, 0.6) is 11.5 Å². The second-order valence-corrected chi connectivity index (χ2v) is 9.53. The van der Waals surface area contributed by atoms with Gasteiger partial charge >= 0.3 is 0 Å². The number of hydrogen-bond acceptors (Lipinski definition) is 5. The van der Waals surface area contributed by atoms with Crippen LogP contribution < -0.4 is 14.4 Å². The average molecular weight is 485 g/mol. The zero-order valence-corrected chi connectivity index (χ0v) is 20.5. The van der Waals surface area contributed by atoms with Gasteiger partial charge in [-0.15, -0.1) is 11.3 Å². The Labute approximate surface area is 210 Å². The standard InChI is InChI=1S/C29H28N2O3S/c1-21-29(32)31(16-8-9-17-33-24-12-6-3-7-13-24)26-19-23(14-15-27(26)34-21)25-20-35-28(30-25)18-22-10-4-2-5-11-22/h2-7,10-15,19-21H,8-9,16-18H2,1H3. The summed E-state index contributed by atoms with van der Waals surface area (Å²) in [5.74, 6) is 1.59. The molecule has 0 N–H and O–H groups in total. The van der Waals surface area contributed by atoms with Crippen molar-refractivity contribution in [3.8, 4) is 22.8 Å². The minimum atomic E-state index is -0.495. The van der Waals surface area contributed by atoms with Crippen molar-refractivity contribution >= 4 is 22.9 Å². The topological polar surface area (TPSA) is 51.7 Å². The number of hydrogen-bond donors (Lipinski definition) is 0. The van der Waals surface area contributed by atoms with Crippen molar-refractivity contribution in [2.24, 2.45) is 0 Å². The number of para-hydroxylation sites is 1. The fourth-order valence-corrected chi connectivity index (χ4v) is 5.01. The van der Waals surface area contributed by atoms with Crippen molar-refractivity contribution in [2.75, 3.05) is 18.1 Å². The molecule has 1 aliphatic rings. The Kier molecular flexibility index (Phi) is 7.09. The number of ether oxygens (including phenoxy) is 2. The lowest BCUT2D eigenvalue weighted by molar-refractivity contribution is -0.125. The molecular formula is C29H28N2O3S. The first kappa shape index (κ1) is 23.1. The summed E-state index contributed by atoms with van der Waals surface area (Å²) in [5, 5.41) is 3.15. The summed E-state index contributed by atoms with van der Waals surface area (Å²) in [7, 11) is 0. The smallest absolute Gasteiger partial charge is 0.267 e. The molecule has 0 fully saturated rings. The molecule has 35 heavy (non-hydrogen) atoms. The second-order valence-electron chi connectivity index (χ2n) is 8.59. The number of amides is 1. The number of unbranched alkanes of at least 4 members (excludes halogenated alkanes) is 1. The van der Waals surface area contributed by atoms with Crippen LogP contribution in [-0.2, 0) is 11.2 Å². The molecule has 1 unspecified atom stereocenters. The number of nitrogens with zero attached hydrogens (tertiary/aromatic N) is 2. The maximum atomic E-state index is 13.0. The summed E-state index contributed by atoms with van der Waals surface area (Å²) in [6.45, 7) is 3.05. The van der Waals surface area contributed by atoms with Crippen LogP contribution in [0.3, 0.4) is 0 Å². The van der Waals surface area contributed by atoms with Crippen LogP contribution in [-0.4, -0.2) is 30.1 Å². The Hall–Kier alpha value is -3.64. The number of carbonyl (C=O) groups excluding carboxylic acids is 1. The summed E-state index contributed by atoms with van der Waals surface area (Å²) >= 11 is 1.66. The monoisotopic (exact) mass is 484 g/mol. The van der Waals surface area contributed by atoms with Crippen LogP contribution in [0, 0.1) is 0 Å². The molecular weight excluding hydrogens is 456 g/mol. The Bertz CT molecular complexity index is 1270. The van der Waals surface area contributed by atoms with Crippen LogP contribution in [0.2, 0.25) is 0 Å². The van der Waals surface area contributed by atoms with Gasteiger partial charge in [0.2, 0.25) is 0 Å². The Balaban J connectivity index is 1.27. The zero-order chi connectivity index (χ0) is 24.0. The molecule has 0 spiro atoms. The maximum absolute atomic E-state index is 13.0. The maximum Gasteiger partial charge on any atom is 0.267 e. The van der Waals surface area contributed by atoms with Crippen molar-refractivity contribution in [2.45, 2.75) is 32.3 Å². The van der Waals surface area contributed by atoms with E-state index in [1.807, 2.05) is 71.6 Å². The molecule has 2 heterocycles. The van der Waals surface area contributed by atoms with Crippen molar-refractivity contribution < 1.29 is 14.3 Å². The first-order valence-corrected chi connectivity index (χ1v) is 12.8. The number of fused-ring (bicyclic) bond motifs is 1. The molecule has 3 aromatic carbocycles. The van der Waals surface area contributed by atoms with Crippen molar-refractivity contribution in [3.63, 3.8) is 0 Å². The number of rotatable bonds is 9. The molecule has 5 rings (SSSR count). The first-order chi connectivity index (χ1) is 17.2. The molecule has 1 aromatic heterocycles. The van der Waals surface area contributed by atoms with E-state index in [1.165, 1.54) is 5.56 Å². The molecule has 4 aromatic rings. The number of benzene rings is 3. The van der Waals surface area contributed by atoms with Gasteiger partial charge in [0, 0.05) is 23.9 Å². The lowest BCUT2D eigenvalue weighted by atomic mass is 10.1. The molecule has 178 valence electrons. The molecule has 0 saturated carbocycles. The summed E-state index contributed by atoms with van der Waals surface area (Å²) in [5.41, 5.74) is 3.97. The third kappa shape index (κ3) is 5.54. The molecule has 0 aliphatic carbocycles. The highest BCUT2D eigenvalue weighted by molar-refractivity contribution is 7.10. The van der Waals surface area contributed by atoms with Crippen LogP contribution in [0.15, 0.2) is 84.2 Å². The Morgan fingerprint density at radius 1 is 1.00 bits per heavy atom. The fraction of sp³-hybridized carbons (Fsp3) is 0.241. The van der Waals surface area contributed by atoms with Gasteiger partial charge in [-0.05, 0) is 55.7 Å². The fourth-order valence-electron chi connectivity index (χ4n) is 4.17. The van der Waals surface area contributed by atoms with E-state index in [9.17, 15) is 4.79 Å². The van der Waals surface area contributed by atoms with Gasteiger partial charge in [0.15, 0.2) is 6.10 Å². The van der Waals surface area contributed by atoms with Crippen LogP contribution >= 0.6 is 11.3 Å². The van der Waals surface area contributed by atoms with Gasteiger partial charge in [-0.25, -0.2) is 4.98 Å². The number of anilines is 1. The van der Waals surface area contributed by atoms with Crippen molar-refractivity contribution in [1.29, 1.82) is 0 Å². The molecule has 0 bridgehead atoms. The van der Waals surface area contributed by atoms with E-state index in [0.29, 0.717) is 13.2 Å². The van der Waals surface area contributed by atoms with Gasteiger partial charge in [0.1, 0.15) is 11.5 Å². The van der Waals surface area contributed by atoms with Crippen molar-refractivity contribution in [3.05, 3.63) is 94.8 Å². The molecule has 6 heteroatoms. The lowest BCUT2D eigenvalue weighted by Gasteiger charge is -2.33. The van der Waals surface area contributed by atoms with Crippen LogP contribution in [0.4, 0.5) is 5.69 Å². The Morgan fingerprint density at radius 2 is 1.77 bits per heavy atom. The van der Waals surface area contributed by atoms with Crippen molar-refractivity contribution in [1.82, 2.24) is 4.98 Å². The highest BCUT2D eigenvalue weighted by atomic mass is 32.1. The van der Waals surface area contributed by atoms with Gasteiger partial charge in [0.25, 0.3) is 5.91 Å². The lowest BCUT2D eigenvalue weighted by Crippen LogP contribution is -2.45. The predicted octanol–water partition coefficient (Wildman–Crippen LogP) is 6.37. The normalized spacial score (nSPS) is 14.9. The van der Waals surface area contributed by atoms with E-state index in [1.54, 1.807) is 18.3 Å². The van der Waals surface area contributed by atoms with E-state index in [4.69, 9.17) is 14.5 Å². The first-order valence-electron chi connectivity index (χ1n) is 12.0. The average Bonchev–Trinajstić information content (AvgIpc) is 3.35. The highest BCUT2D eigenvalue weighted by Crippen LogP contribution is 2.38. The third-order valence-electron chi connectivity index (χ3n) is 6.00. The molecule has 1 amide bonds. The third-order valence-corrected chi connectivity index (χ3v) is 6.85. The molecule has 5 nitrogen and oxygen atoms in total. The minimum Gasteiger partial charge on any atom is -0.494 e. The summed E-state index contributed by atoms with van der Waals surface area (Å²) in [6.07, 6.45) is 2.02. The SMILES string of the molecule is CC1Oc2ccc(-c3csc(Cc4ccccc4)n3)cc2N(CCCCOc2ccccc2)C1=O. The van der Waals surface area contributed by atoms with Gasteiger partial charge in [0.05, 0.1) is 23.0 Å². The summed E-state index contributed by atoms with van der Waals surface area (Å²) < 4.78 is 11.7. The highest BCUT2D eigenvalue weighted by Gasteiger charge is 2.31. The molecule has 0 radical (unpaired) electrons. The Morgan fingerprint density at radius 3 is 2.57 bits per heavy atom. The number of thiazole rings is 1. The van der Waals surface area contributed by atoms with Gasteiger partial charge in [-0.3, -0.25) is 4.79 Å². The van der Waals surface area contributed by atoms with Gasteiger partial charge in [-0.1, -0.05) is 48.5 Å². The number of carbonyl (C=O) groups is 1. The molecule has 0 saturated heterocycles. The van der Waals surface area contributed by atoms with Gasteiger partial charge < -0.3 is 14.4 Å². The van der Waals surface area contributed by atoms with Crippen LogP contribution in [0.1, 0.15) is 30.3 Å². The van der Waals surface area contributed by atoms with Gasteiger partial charge in [-0.2, -0.15) is 0 Å². The van der Waals surface area contributed by atoms with E-state index in [0.717, 1.165) is 52.7 Å². The van der Waals surface area contributed by atoms with E-state index in [2.05, 4.69) is 17.5 Å². The predicted molar refractivity (Wildman–Crippen MR) is 140 cm³/mol. The van der Waals surface area contributed by atoms with E-state index >= 15 is 0 Å². The van der Waals surface area contributed by atoms with E-state index in [-0.39, 0.29) is 5.91 Å². The summed E-state index contributed by atoms with van der Waals surface area (Å²) in [6, 6.07) is 26.2. The van der Waals surface area contributed by atoms with Crippen LogP contribution in [0.25, 0.3) is 11.3 Å². The van der Waals surface area contributed by atoms with E-state index < -0.39 is 6.10 Å². The zero-order valence-electron chi connectivity index (χ0n) is 19.7. The minimum absolute atomic E-state index is 0.0123. The largest absolute Gasteiger partial charge is 0.494 e. The quantitative estimate of drug-likeness (QED) is 0.259. The molecule has 1 aliphatic heterocycles.